The molecule has 0 aromatic heterocycles. The molecule has 0 radical (unpaired) electrons. The Kier molecular flexibility index (Phi) is 1.82. The molecule has 0 unspecified atom stereocenters. The number of rotatable bonds is 1. The van der Waals surface area contributed by atoms with E-state index >= 15 is 0 Å². The van der Waals surface area contributed by atoms with Crippen molar-refractivity contribution >= 4 is 0 Å². The first-order valence-electron chi connectivity index (χ1n) is 3.95. The third kappa shape index (κ3) is 1.22. The van der Waals surface area contributed by atoms with Gasteiger partial charge in [-0.3, -0.25) is 0 Å². The highest BCUT2D eigenvalue weighted by Crippen LogP contribution is 2.30. The molecule has 1 aromatic rings. The molecule has 0 aliphatic carbocycles. The third-order valence-electron chi connectivity index (χ3n) is 2.18. The molecule has 1 aromatic carbocycles. The van der Waals surface area contributed by atoms with Crippen LogP contribution in [0.15, 0.2) is 18.2 Å². The van der Waals surface area contributed by atoms with Gasteiger partial charge >= 0.3 is 0 Å². The lowest BCUT2D eigenvalue weighted by Crippen LogP contribution is -2.55. The molecule has 0 saturated carbocycles. The lowest BCUT2D eigenvalue weighted by Gasteiger charge is -2.38. The van der Waals surface area contributed by atoms with Crippen LogP contribution in [0.25, 0.3) is 0 Å². The van der Waals surface area contributed by atoms with Gasteiger partial charge in [-0.25, -0.2) is 8.78 Å². The summed E-state index contributed by atoms with van der Waals surface area (Å²) in [5.41, 5.74) is 4.68. The van der Waals surface area contributed by atoms with Crippen molar-refractivity contribution in [3.05, 3.63) is 35.4 Å². The predicted molar refractivity (Wildman–Crippen MR) is 43.0 cm³/mol. The van der Waals surface area contributed by atoms with Gasteiger partial charge in [0.25, 0.3) is 0 Å². The van der Waals surface area contributed by atoms with Crippen LogP contribution in [0.1, 0.15) is 5.56 Å². The highest BCUT2D eigenvalue weighted by molar-refractivity contribution is 5.29. The fourth-order valence-corrected chi connectivity index (χ4v) is 1.44. The third-order valence-corrected chi connectivity index (χ3v) is 2.18. The predicted octanol–water partition coefficient (Wildman–Crippen LogP) is 1.15. The Labute approximate surface area is 74.3 Å². The van der Waals surface area contributed by atoms with Crippen molar-refractivity contribution in [3.8, 4) is 0 Å². The summed E-state index contributed by atoms with van der Waals surface area (Å²) < 4.78 is 31.2. The Balaban J connectivity index is 2.49. The summed E-state index contributed by atoms with van der Waals surface area (Å²) in [6.07, 6.45) is 0. The van der Waals surface area contributed by atoms with Crippen LogP contribution in [-0.4, -0.2) is 13.2 Å². The maximum absolute atomic E-state index is 13.2. The second kappa shape index (κ2) is 2.75. The highest BCUT2D eigenvalue weighted by Gasteiger charge is 2.40. The van der Waals surface area contributed by atoms with Gasteiger partial charge in [-0.1, -0.05) is 6.07 Å². The van der Waals surface area contributed by atoms with Crippen molar-refractivity contribution in [3.63, 3.8) is 0 Å². The van der Waals surface area contributed by atoms with E-state index in [0.717, 1.165) is 0 Å². The summed E-state index contributed by atoms with van der Waals surface area (Å²) in [6.45, 7) is 0.343. The normalized spacial score (nSPS) is 19.6. The standard InChI is InChI=1S/C9H9F2NO/c10-6-2-1-3-7(11)8(6)9(12)4-13-5-9/h1-3H,4-5,12H2. The Morgan fingerprint density at radius 2 is 1.77 bits per heavy atom. The van der Waals surface area contributed by atoms with Gasteiger partial charge in [0.2, 0.25) is 0 Å². The van der Waals surface area contributed by atoms with Crippen LogP contribution in [0.5, 0.6) is 0 Å². The van der Waals surface area contributed by atoms with E-state index in [1.807, 2.05) is 0 Å². The molecule has 1 fully saturated rings. The zero-order valence-electron chi connectivity index (χ0n) is 6.89. The minimum atomic E-state index is -0.977. The first-order valence-corrected chi connectivity index (χ1v) is 3.95. The molecule has 0 amide bonds. The summed E-state index contributed by atoms with van der Waals surface area (Å²) >= 11 is 0. The Morgan fingerprint density at radius 1 is 1.23 bits per heavy atom. The van der Waals surface area contributed by atoms with Crippen molar-refractivity contribution < 1.29 is 13.5 Å². The zero-order chi connectivity index (χ0) is 9.47. The molecular formula is C9H9F2NO. The Bertz CT molecular complexity index is 316. The minimum absolute atomic E-state index is 0.0683. The van der Waals surface area contributed by atoms with Gasteiger partial charge in [0.15, 0.2) is 0 Å². The number of hydrogen-bond acceptors (Lipinski definition) is 2. The average molecular weight is 185 g/mol. The summed E-state index contributed by atoms with van der Waals surface area (Å²) in [7, 11) is 0. The Hall–Kier alpha value is -1.00. The zero-order valence-corrected chi connectivity index (χ0v) is 6.89. The van der Waals surface area contributed by atoms with Crippen LogP contribution in [-0.2, 0) is 10.3 Å². The highest BCUT2D eigenvalue weighted by atomic mass is 19.1. The van der Waals surface area contributed by atoms with Crippen LogP contribution in [0.4, 0.5) is 8.78 Å². The van der Waals surface area contributed by atoms with Gasteiger partial charge < -0.3 is 10.5 Å². The molecule has 1 aliphatic heterocycles. The molecule has 2 nitrogen and oxygen atoms in total. The van der Waals surface area contributed by atoms with Crippen molar-refractivity contribution in [2.24, 2.45) is 5.73 Å². The summed E-state index contributed by atoms with van der Waals surface area (Å²) in [5.74, 6) is -1.21. The van der Waals surface area contributed by atoms with E-state index in [9.17, 15) is 8.78 Å². The summed E-state index contributed by atoms with van der Waals surface area (Å²) in [4.78, 5) is 0. The largest absolute Gasteiger partial charge is 0.377 e. The first-order chi connectivity index (χ1) is 6.13. The van der Waals surface area contributed by atoms with Crippen LogP contribution in [0.3, 0.4) is 0 Å². The maximum Gasteiger partial charge on any atom is 0.131 e. The van der Waals surface area contributed by atoms with E-state index in [-0.39, 0.29) is 18.8 Å². The number of hydrogen-bond donors (Lipinski definition) is 1. The average Bonchev–Trinajstić information content (AvgIpc) is 2.01. The van der Waals surface area contributed by atoms with E-state index in [2.05, 4.69) is 0 Å². The van der Waals surface area contributed by atoms with Crippen LogP contribution in [0.2, 0.25) is 0 Å². The quantitative estimate of drug-likeness (QED) is 0.712. The van der Waals surface area contributed by atoms with Gasteiger partial charge in [0, 0.05) is 5.56 Å². The second-order valence-corrected chi connectivity index (χ2v) is 3.25. The maximum atomic E-state index is 13.2. The topological polar surface area (TPSA) is 35.2 Å². The monoisotopic (exact) mass is 185 g/mol. The van der Waals surface area contributed by atoms with Gasteiger partial charge in [-0.2, -0.15) is 0 Å². The van der Waals surface area contributed by atoms with Crippen molar-refractivity contribution in [1.82, 2.24) is 0 Å². The van der Waals surface area contributed by atoms with Crippen LogP contribution >= 0.6 is 0 Å². The molecule has 1 aliphatic rings. The molecule has 2 rings (SSSR count). The molecule has 0 atom stereocenters. The smallest absolute Gasteiger partial charge is 0.131 e. The molecule has 2 N–H and O–H groups in total. The van der Waals surface area contributed by atoms with E-state index in [4.69, 9.17) is 10.5 Å². The molecule has 1 heterocycles. The lowest BCUT2D eigenvalue weighted by molar-refractivity contribution is -0.0601. The molecular weight excluding hydrogens is 176 g/mol. The Morgan fingerprint density at radius 3 is 2.15 bits per heavy atom. The van der Waals surface area contributed by atoms with Gasteiger partial charge in [0.1, 0.15) is 11.6 Å². The fraction of sp³-hybridized carbons (Fsp3) is 0.333. The molecule has 70 valence electrons. The molecule has 1 saturated heterocycles. The lowest BCUT2D eigenvalue weighted by atomic mass is 9.88. The van der Waals surface area contributed by atoms with Gasteiger partial charge in [-0.15, -0.1) is 0 Å². The summed E-state index contributed by atoms with van der Waals surface area (Å²) in [6, 6.07) is 3.72. The van der Waals surface area contributed by atoms with Crippen LogP contribution in [0, 0.1) is 11.6 Å². The van der Waals surface area contributed by atoms with Crippen molar-refractivity contribution in [1.29, 1.82) is 0 Å². The van der Waals surface area contributed by atoms with Crippen molar-refractivity contribution in [2.45, 2.75) is 5.54 Å². The minimum Gasteiger partial charge on any atom is -0.377 e. The second-order valence-electron chi connectivity index (χ2n) is 3.25. The number of benzene rings is 1. The van der Waals surface area contributed by atoms with Crippen LogP contribution < -0.4 is 5.73 Å². The molecule has 4 heteroatoms. The molecule has 0 bridgehead atoms. The van der Waals surface area contributed by atoms with E-state index in [1.54, 1.807) is 0 Å². The summed E-state index contributed by atoms with van der Waals surface area (Å²) in [5, 5.41) is 0. The van der Waals surface area contributed by atoms with Gasteiger partial charge in [0.05, 0.1) is 18.8 Å². The molecule has 0 spiro atoms. The van der Waals surface area contributed by atoms with E-state index in [1.165, 1.54) is 18.2 Å². The van der Waals surface area contributed by atoms with Crippen molar-refractivity contribution in [2.75, 3.05) is 13.2 Å². The number of halogens is 2. The number of ether oxygens (including phenoxy) is 1. The van der Waals surface area contributed by atoms with Gasteiger partial charge in [-0.05, 0) is 12.1 Å². The SMILES string of the molecule is NC1(c2c(F)cccc2F)COC1. The number of nitrogens with two attached hydrogens (primary N) is 1. The van der Waals surface area contributed by atoms with E-state index in [0.29, 0.717) is 0 Å². The molecule has 13 heavy (non-hydrogen) atoms. The fourth-order valence-electron chi connectivity index (χ4n) is 1.44. The van der Waals surface area contributed by atoms with E-state index < -0.39 is 17.2 Å². The first kappa shape index (κ1) is 8.59.